The lowest BCUT2D eigenvalue weighted by Gasteiger charge is -2.13. The Balaban J connectivity index is 1.19. The van der Waals surface area contributed by atoms with E-state index in [0.29, 0.717) is 17.5 Å². The summed E-state index contributed by atoms with van der Waals surface area (Å²) in [6, 6.07) is 51.6. The highest BCUT2D eigenvalue weighted by atomic mass is 16.3. The molecule has 224 valence electrons. The van der Waals surface area contributed by atoms with Crippen LogP contribution in [0.1, 0.15) is 0 Å². The van der Waals surface area contributed by atoms with Crippen LogP contribution in [0.5, 0.6) is 0 Å². The van der Waals surface area contributed by atoms with Crippen molar-refractivity contribution in [3.05, 3.63) is 152 Å². The van der Waals surface area contributed by atoms with E-state index >= 15 is 0 Å². The van der Waals surface area contributed by atoms with Crippen LogP contribution < -0.4 is 0 Å². The van der Waals surface area contributed by atoms with E-state index in [1.807, 2.05) is 78.9 Å². The highest BCUT2D eigenvalue weighted by molar-refractivity contribution is 6.12. The van der Waals surface area contributed by atoms with Crippen molar-refractivity contribution >= 4 is 54.6 Å². The zero-order valence-electron chi connectivity index (χ0n) is 25.6. The van der Waals surface area contributed by atoms with E-state index < -0.39 is 0 Å². The minimum Gasteiger partial charge on any atom is -0.456 e. The van der Waals surface area contributed by atoms with Crippen LogP contribution in [0.3, 0.4) is 0 Å². The number of para-hydroxylation sites is 2. The second-order valence-corrected chi connectivity index (χ2v) is 12.0. The van der Waals surface area contributed by atoms with Crippen molar-refractivity contribution in [2.24, 2.45) is 0 Å². The molecule has 0 spiro atoms. The molecule has 0 aliphatic rings. The smallest absolute Gasteiger partial charge is 0.164 e. The second-order valence-electron chi connectivity index (χ2n) is 12.0. The van der Waals surface area contributed by atoms with Gasteiger partial charge in [0.25, 0.3) is 0 Å². The summed E-state index contributed by atoms with van der Waals surface area (Å²) in [4.78, 5) is 15.3. The molecule has 3 aromatic heterocycles. The van der Waals surface area contributed by atoms with E-state index in [1.165, 1.54) is 0 Å². The molecule has 0 amide bonds. The summed E-state index contributed by atoms with van der Waals surface area (Å²) in [5, 5.41) is 6.42. The molecule has 0 unspecified atom stereocenters. The van der Waals surface area contributed by atoms with E-state index in [0.717, 1.165) is 82.5 Å². The summed E-state index contributed by atoms with van der Waals surface area (Å²) in [7, 11) is 0. The third-order valence-electron chi connectivity index (χ3n) is 9.16. The largest absolute Gasteiger partial charge is 0.456 e. The Morgan fingerprint density at radius 1 is 0.312 bits per heavy atom. The molecule has 5 nitrogen and oxygen atoms in total. The fraction of sp³-hybridized carbons (Fsp3) is 0. The van der Waals surface area contributed by atoms with Crippen molar-refractivity contribution in [1.82, 2.24) is 15.0 Å². The summed E-state index contributed by atoms with van der Waals surface area (Å²) in [6.07, 6.45) is 0. The minimum absolute atomic E-state index is 0.597. The summed E-state index contributed by atoms with van der Waals surface area (Å²) in [5.41, 5.74) is 8.36. The normalized spacial score (nSPS) is 11.8. The first kappa shape index (κ1) is 26.6. The van der Waals surface area contributed by atoms with Gasteiger partial charge in [-0.2, -0.15) is 0 Å². The average molecular weight is 616 g/mol. The van der Waals surface area contributed by atoms with Gasteiger partial charge in [0.15, 0.2) is 17.5 Å². The molecule has 10 rings (SSSR count). The third-order valence-corrected chi connectivity index (χ3v) is 9.16. The number of benzene rings is 7. The van der Waals surface area contributed by atoms with Crippen LogP contribution in [0.2, 0.25) is 0 Å². The topological polar surface area (TPSA) is 65.0 Å². The number of hydrogen-bond acceptors (Lipinski definition) is 5. The number of furan rings is 2. The predicted octanol–water partition coefficient (Wildman–Crippen LogP) is 11.5. The highest BCUT2D eigenvalue weighted by Crippen LogP contribution is 2.39. The van der Waals surface area contributed by atoms with E-state index in [2.05, 4.69) is 72.8 Å². The van der Waals surface area contributed by atoms with Crippen LogP contribution >= 0.6 is 0 Å². The molecule has 0 aliphatic heterocycles. The van der Waals surface area contributed by atoms with Gasteiger partial charge < -0.3 is 8.83 Å². The van der Waals surface area contributed by atoms with Gasteiger partial charge in [-0.25, -0.2) is 15.0 Å². The van der Waals surface area contributed by atoms with Crippen molar-refractivity contribution in [2.75, 3.05) is 0 Å². The monoisotopic (exact) mass is 615 g/mol. The molecule has 0 radical (unpaired) electrons. The molecule has 0 saturated carbocycles. The summed E-state index contributed by atoms with van der Waals surface area (Å²) in [6.45, 7) is 0. The molecule has 0 N–H and O–H groups in total. The van der Waals surface area contributed by atoms with Gasteiger partial charge in [0.1, 0.15) is 22.3 Å². The summed E-state index contributed by atoms with van der Waals surface area (Å²) < 4.78 is 12.5. The molecule has 10 aromatic rings. The molecule has 0 saturated heterocycles. The Morgan fingerprint density at radius 2 is 0.854 bits per heavy atom. The lowest BCUT2D eigenvalue weighted by atomic mass is 9.94. The Bertz CT molecular complexity index is 2850. The number of rotatable bonds is 4. The number of aromatic nitrogens is 3. The summed E-state index contributed by atoms with van der Waals surface area (Å²) in [5.74, 6) is 1.82. The SMILES string of the molecule is c1ccc(-c2nc(-c3cccc4c(-c5ccc6c(c5)oc5ccccc56)cccc34)nc(-c3cccc4oc5ccccc5c34)n2)cc1. The van der Waals surface area contributed by atoms with Crippen LogP contribution in [0.25, 0.3) is 99.9 Å². The minimum atomic E-state index is 0.597. The van der Waals surface area contributed by atoms with E-state index in [-0.39, 0.29) is 0 Å². The lowest BCUT2D eigenvalue weighted by molar-refractivity contribution is 0.668. The number of fused-ring (bicyclic) bond motifs is 7. The van der Waals surface area contributed by atoms with Crippen LogP contribution in [0, 0.1) is 0 Å². The first-order valence-corrected chi connectivity index (χ1v) is 15.9. The molecule has 0 atom stereocenters. The third kappa shape index (κ3) is 4.15. The van der Waals surface area contributed by atoms with Crippen molar-refractivity contribution in [3.63, 3.8) is 0 Å². The van der Waals surface area contributed by atoms with Crippen molar-refractivity contribution in [3.8, 4) is 45.3 Å². The van der Waals surface area contributed by atoms with Gasteiger partial charge in [-0.05, 0) is 52.2 Å². The Morgan fingerprint density at radius 3 is 1.69 bits per heavy atom. The van der Waals surface area contributed by atoms with Gasteiger partial charge in [0.05, 0.1) is 0 Å². The van der Waals surface area contributed by atoms with Gasteiger partial charge in [-0.3, -0.25) is 0 Å². The fourth-order valence-electron chi connectivity index (χ4n) is 6.94. The van der Waals surface area contributed by atoms with Gasteiger partial charge in [-0.1, -0.05) is 121 Å². The van der Waals surface area contributed by atoms with Crippen molar-refractivity contribution in [1.29, 1.82) is 0 Å². The Kier molecular flexibility index (Phi) is 5.81. The van der Waals surface area contributed by atoms with Gasteiger partial charge >= 0.3 is 0 Å². The van der Waals surface area contributed by atoms with E-state index in [4.69, 9.17) is 23.8 Å². The molecule has 3 heterocycles. The van der Waals surface area contributed by atoms with Crippen molar-refractivity contribution < 1.29 is 8.83 Å². The van der Waals surface area contributed by atoms with Gasteiger partial charge in [0.2, 0.25) is 0 Å². The molecular formula is C43H25N3O2. The zero-order valence-corrected chi connectivity index (χ0v) is 25.6. The first-order chi connectivity index (χ1) is 23.8. The van der Waals surface area contributed by atoms with Gasteiger partial charge in [0, 0.05) is 38.2 Å². The standard InChI is InChI=1S/C43H25N3O2/c1-2-11-26(12-3-1)41-44-42(46-43(45-41)35-19-10-22-38-40(35)34-14-5-7-21-37(34)47-38)33-18-9-16-29-28(15-8-17-30(29)33)27-23-24-32-31-13-4-6-20-36(31)48-39(32)25-27/h1-25H. The number of hydrogen-bond donors (Lipinski definition) is 0. The van der Waals surface area contributed by atoms with Crippen molar-refractivity contribution in [2.45, 2.75) is 0 Å². The molecule has 0 fully saturated rings. The second kappa shape index (κ2) is 10.5. The van der Waals surface area contributed by atoms with Crippen LogP contribution in [0.4, 0.5) is 0 Å². The van der Waals surface area contributed by atoms with Gasteiger partial charge in [-0.15, -0.1) is 0 Å². The van der Waals surface area contributed by atoms with E-state index in [9.17, 15) is 0 Å². The highest BCUT2D eigenvalue weighted by Gasteiger charge is 2.19. The maximum Gasteiger partial charge on any atom is 0.164 e. The Labute approximate surface area is 274 Å². The van der Waals surface area contributed by atoms with Crippen LogP contribution in [-0.4, -0.2) is 15.0 Å². The molecular weight excluding hydrogens is 590 g/mol. The summed E-state index contributed by atoms with van der Waals surface area (Å²) >= 11 is 0. The molecule has 48 heavy (non-hydrogen) atoms. The maximum absolute atomic E-state index is 6.25. The quantitative estimate of drug-likeness (QED) is 0.197. The van der Waals surface area contributed by atoms with Crippen LogP contribution in [-0.2, 0) is 0 Å². The first-order valence-electron chi connectivity index (χ1n) is 15.9. The lowest BCUT2D eigenvalue weighted by Crippen LogP contribution is -2.01. The maximum atomic E-state index is 6.25. The zero-order chi connectivity index (χ0) is 31.6. The predicted molar refractivity (Wildman–Crippen MR) is 194 cm³/mol. The molecule has 5 heteroatoms. The molecule has 0 bridgehead atoms. The van der Waals surface area contributed by atoms with Crippen LogP contribution in [0.15, 0.2) is 160 Å². The Hall–Kier alpha value is -6.59. The fourth-order valence-corrected chi connectivity index (χ4v) is 6.94. The number of nitrogens with zero attached hydrogens (tertiary/aromatic N) is 3. The molecule has 0 aliphatic carbocycles. The molecule has 7 aromatic carbocycles. The van der Waals surface area contributed by atoms with E-state index in [1.54, 1.807) is 0 Å². The average Bonchev–Trinajstić information content (AvgIpc) is 3.72.